The number of nitrogens with one attached hydrogen (secondary N) is 1. The molecule has 0 aliphatic heterocycles. The van der Waals surface area contributed by atoms with Gasteiger partial charge in [-0.3, -0.25) is 9.35 Å². The summed E-state index contributed by atoms with van der Waals surface area (Å²) in [4.78, 5) is 22.7. The molecular weight excluding hydrogens is 286 g/mol. The first kappa shape index (κ1) is 16.1. The van der Waals surface area contributed by atoms with Gasteiger partial charge in [-0.05, 0) is 30.5 Å². The minimum absolute atomic E-state index is 0.392. The van der Waals surface area contributed by atoms with Crippen LogP contribution in [-0.4, -0.2) is 35.7 Å². The topological polar surface area (TPSA) is 121 Å². The molecular formula is C12H15NO6S. The van der Waals surface area contributed by atoms with E-state index in [1.807, 2.05) is 0 Å². The number of hydrogen-bond acceptors (Lipinski definition) is 4. The van der Waals surface area contributed by atoms with Gasteiger partial charge in [0.25, 0.3) is 10.1 Å². The smallest absolute Gasteiger partial charge is 0.330 e. The van der Waals surface area contributed by atoms with Crippen LogP contribution in [0.2, 0.25) is 0 Å². The molecule has 0 unspecified atom stereocenters. The molecule has 0 bridgehead atoms. The maximum absolute atomic E-state index is 11.5. The number of aliphatic carboxylic acids is 1. The van der Waals surface area contributed by atoms with E-state index in [-0.39, 0.29) is 0 Å². The highest BCUT2D eigenvalue weighted by Crippen LogP contribution is 2.22. The molecule has 0 aliphatic carbocycles. The molecule has 0 aromatic heterocycles. The van der Waals surface area contributed by atoms with Crippen LogP contribution < -0.4 is 5.32 Å². The predicted octanol–water partition coefficient (Wildman–Crippen LogP) is 0.433. The van der Waals surface area contributed by atoms with Gasteiger partial charge in [0.2, 0.25) is 5.91 Å². The second-order valence-electron chi connectivity index (χ2n) is 4.37. The van der Waals surface area contributed by atoms with Crippen LogP contribution in [0, 0.1) is 13.8 Å². The Balaban J connectivity index is 3.08. The Bertz CT molecular complexity index is 617. The van der Waals surface area contributed by atoms with Crippen molar-refractivity contribution in [2.45, 2.75) is 19.9 Å². The van der Waals surface area contributed by atoms with E-state index in [0.717, 1.165) is 0 Å². The van der Waals surface area contributed by atoms with E-state index in [4.69, 9.17) is 4.55 Å². The molecule has 1 amide bonds. The molecule has 20 heavy (non-hydrogen) atoms. The largest absolute Gasteiger partial charge is 0.479 e. The standard InChI is InChI=1S/C12H15NO6S/c1-7-4-3-5-8(2)10(7)11(12(15)16)13-9(14)6-20(17,18)19/h3-5,11H,6H2,1-2H3,(H,13,14)(H,15,16)(H,17,18,19)/t11-/m1/s1. The molecule has 0 saturated heterocycles. The van der Waals surface area contributed by atoms with Gasteiger partial charge >= 0.3 is 5.97 Å². The number of carboxylic acid groups (broad SMARTS) is 1. The van der Waals surface area contributed by atoms with Gasteiger partial charge in [-0.2, -0.15) is 8.42 Å². The highest BCUT2D eigenvalue weighted by atomic mass is 32.2. The first-order chi connectivity index (χ1) is 9.11. The van der Waals surface area contributed by atoms with Gasteiger partial charge < -0.3 is 10.4 Å². The second-order valence-corrected chi connectivity index (χ2v) is 5.82. The molecule has 0 saturated carbocycles. The molecule has 0 heterocycles. The lowest BCUT2D eigenvalue weighted by Crippen LogP contribution is -2.38. The van der Waals surface area contributed by atoms with Gasteiger partial charge in [0.05, 0.1) is 0 Å². The van der Waals surface area contributed by atoms with Crippen molar-refractivity contribution in [1.82, 2.24) is 5.32 Å². The van der Waals surface area contributed by atoms with Crippen LogP contribution in [0.15, 0.2) is 18.2 Å². The molecule has 0 aliphatic rings. The summed E-state index contributed by atoms with van der Waals surface area (Å²) in [5.74, 6) is -3.57. The third-order valence-corrected chi connectivity index (χ3v) is 3.32. The van der Waals surface area contributed by atoms with Crippen LogP contribution in [-0.2, 0) is 19.7 Å². The van der Waals surface area contributed by atoms with E-state index in [2.05, 4.69) is 5.32 Å². The molecule has 1 atom stereocenters. The summed E-state index contributed by atoms with van der Waals surface area (Å²) in [5, 5.41) is 11.3. The molecule has 1 aromatic carbocycles. The monoisotopic (exact) mass is 301 g/mol. The number of rotatable bonds is 5. The van der Waals surface area contributed by atoms with Crippen LogP contribution in [0.5, 0.6) is 0 Å². The average molecular weight is 301 g/mol. The number of benzene rings is 1. The fourth-order valence-electron chi connectivity index (χ4n) is 1.91. The Morgan fingerprint density at radius 2 is 1.75 bits per heavy atom. The minimum atomic E-state index is -4.50. The fourth-order valence-corrected chi connectivity index (χ4v) is 2.32. The molecule has 1 rings (SSSR count). The van der Waals surface area contributed by atoms with Crippen LogP contribution in [0.4, 0.5) is 0 Å². The van der Waals surface area contributed by atoms with E-state index >= 15 is 0 Å². The van der Waals surface area contributed by atoms with Gasteiger partial charge in [-0.25, -0.2) is 4.79 Å². The summed E-state index contributed by atoms with van der Waals surface area (Å²) in [6.45, 7) is 3.38. The zero-order chi connectivity index (χ0) is 15.5. The van der Waals surface area contributed by atoms with E-state index in [1.54, 1.807) is 32.0 Å². The SMILES string of the molecule is Cc1cccc(C)c1[C@@H](NC(=O)CS(=O)(=O)O)C(=O)O. The average Bonchev–Trinajstić information content (AvgIpc) is 2.24. The highest BCUT2D eigenvalue weighted by Gasteiger charge is 2.26. The summed E-state index contributed by atoms with van der Waals surface area (Å²) in [6, 6.07) is 3.75. The highest BCUT2D eigenvalue weighted by molar-refractivity contribution is 7.86. The summed E-state index contributed by atoms with van der Waals surface area (Å²) >= 11 is 0. The fraction of sp³-hybridized carbons (Fsp3) is 0.333. The van der Waals surface area contributed by atoms with Gasteiger partial charge in [0, 0.05) is 0 Å². The first-order valence-corrected chi connectivity index (χ1v) is 7.26. The number of hydrogen-bond donors (Lipinski definition) is 3. The summed E-state index contributed by atoms with van der Waals surface area (Å²) in [5.41, 5.74) is 1.71. The first-order valence-electron chi connectivity index (χ1n) is 5.65. The third-order valence-electron chi connectivity index (χ3n) is 2.70. The maximum atomic E-state index is 11.5. The summed E-state index contributed by atoms with van der Waals surface area (Å²) < 4.78 is 29.8. The minimum Gasteiger partial charge on any atom is -0.479 e. The van der Waals surface area contributed by atoms with Crippen LogP contribution in [0.3, 0.4) is 0 Å². The Morgan fingerprint density at radius 3 is 2.15 bits per heavy atom. The van der Waals surface area contributed by atoms with Crippen LogP contribution >= 0.6 is 0 Å². The van der Waals surface area contributed by atoms with Crippen molar-refractivity contribution in [3.05, 3.63) is 34.9 Å². The zero-order valence-electron chi connectivity index (χ0n) is 11.0. The Hall–Kier alpha value is -1.93. The molecule has 1 aromatic rings. The van der Waals surface area contributed by atoms with E-state index < -0.39 is 33.8 Å². The van der Waals surface area contributed by atoms with Gasteiger partial charge in [-0.1, -0.05) is 18.2 Å². The number of carbonyl (C=O) groups is 2. The summed E-state index contributed by atoms with van der Waals surface area (Å²) in [7, 11) is -4.50. The van der Waals surface area contributed by atoms with Crippen molar-refractivity contribution >= 4 is 22.0 Å². The lowest BCUT2D eigenvalue weighted by atomic mass is 9.96. The van der Waals surface area contributed by atoms with Gasteiger partial charge in [0.15, 0.2) is 11.8 Å². The molecule has 8 heteroatoms. The van der Waals surface area contributed by atoms with E-state index in [1.165, 1.54) is 0 Å². The second kappa shape index (κ2) is 6.02. The predicted molar refractivity (Wildman–Crippen MR) is 70.9 cm³/mol. The van der Waals surface area contributed by atoms with Gasteiger partial charge in [-0.15, -0.1) is 0 Å². The van der Waals surface area contributed by atoms with E-state index in [0.29, 0.717) is 16.7 Å². The van der Waals surface area contributed by atoms with Crippen molar-refractivity contribution in [2.75, 3.05) is 5.75 Å². The molecule has 110 valence electrons. The molecule has 0 spiro atoms. The normalized spacial score (nSPS) is 12.8. The lowest BCUT2D eigenvalue weighted by molar-refractivity contribution is -0.141. The van der Waals surface area contributed by atoms with Crippen molar-refractivity contribution < 1.29 is 27.7 Å². The van der Waals surface area contributed by atoms with Crippen molar-refractivity contribution in [3.63, 3.8) is 0 Å². The number of carboxylic acids is 1. The van der Waals surface area contributed by atoms with Crippen LogP contribution in [0.1, 0.15) is 22.7 Å². The third kappa shape index (κ3) is 4.32. The van der Waals surface area contributed by atoms with Crippen LogP contribution in [0.25, 0.3) is 0 Å². The Kier molecular flexibility index (Phi) is 4.85. The van der Waals surface area contributed by atoms with E-state index in [9.17, 15) is 23.1 Å². The number of amides is 1. The number of carbonyl (C=O) groups excluding carboxylic acids is 1. The molecule has 0 radical (unpaired) electrons. The Labute approximate surface area is 116 Å². The summed E-state index contributed by atoms with van der Waals surface area (Å²) in [6.07, 6.45) is 0. The number of aryl methyl sites for hydroxylation is 2. The van der Waals surface area contributed by atoms with Crippen molar-refractivity contribution in [2.24, 2.45) is 0 Å². The molecule has 7 nitrogen and oxygen atoms in total. The van der Waals surface area contributed by atoms with Crippen molar-refractivity contribution in [1.29, 1.82) is 0 Å². The quantitative estimate of drug-likeness (QED) is 0.678. The Morgan fingerprint density at radius 1 is 1.25 bits per heavy atom. The van der Waals surface area contributed by atoms with Crippen molar-refractivity contribution in [3.8, 4) is 0 Å². The molecule has 0 fully saturated rings. The lowest BCUT2D eigenvalue weighted by Gasteiger charge is -2.19. The van der Waals surface area contributed by atoms with Gasteiger partial charge in [0.1, 0.15) is 0 Å². The molecule has 3 N–H and O–H groups in total. The zero-order valence-corrected chi connectivity index (χ0v) is 11.8. The maximum Gasteiger partial charge on any atom is 0.330 e.